The van der Waals surface area contributed by atoms with Crippen LogP contribution < -0.4 is 0 Å². The first kappa shape index (κ1) is 27.3. The maximum Gasteiger partial charge on any atom is 0.256 e. The van der Waals surface area contributed by atoms with E-state index in [2.05, 4.69) is 62.6 Å². The van der Waals surface area contributed by atoms with Gasteiger partial charge in [-0.1, -0.05) is 80.2 Å². The number of alkyl halides is 2. The molecule has 0 fully saturated rings. The highest BCUT2D eigenvalue weighted by molar-refractivity contribution is 6.53. The van der Waals surface area contributed by atoms with Crippen LogP contribution >= 0.6 is 23.2 Å². The second-order valence-corrected chi connectivity index (χ2v) is 10.1. The average molecular weight is 495 g/mol. The fourth-order valence-corrected chi connectivity index (χ4v) is 3.95. The molecule has 0 atom stereocenters. The summed E-state index contributed by atoms with van der Waals surface area (Å²) in [7, 11) is 0. The van der Waals surface area contributed by atoms with E-state index >= 15 is 0 Å². The number of hydrogen-bond acceptors (Lipinski definition) is 2. The fourth-order valence-electron chi connectivity index (χ4n) is 3.67. The predicted molar refractivity (Wildman–Crippen MR) is 137 cm³/mol. The second kappa shape index (κ2) is 13.7. The van der Waals surface area contributed by atoms with Crippen LogP contribution in [0.2, 0.25) is 0 Å². The van der Waals surface area contributed by atoms with E-state index in [1.165, 1.54) is 16.0 Å². The molecule has 2 amide bonds. The van der Waals surface area contributed by atoms with Crippen LogP contribution in [-0.4, -0.2) is 50.7 Å². The van der Waals surface area contributed by atoms with Crippen molar-refractivity contribution in [3.63, 3.8) is 0 Å². The molecule has 0 spiro atoms. The van der Waals surface area contributed by atoms with Crippen molar-refractivity contribution < 1.29 is 9.59 Å². The van der Waals surface area contributed by atoms with Crippen molar-refractivity contribution in [1.82, 2.24) is 14.4 Å². The summed E-state index contributed by atoms with van der Waals surface area (Å²) in [6, 6.07) is 12.5. The van der Waals surface area contributed by atoms with Crippen LogP contribution in [0.1, 0.15) is 56.9 Å². The lowest BCUT2D eigenvalue weighted by molar-refractivity contribution is -0.140. The highest BCUT2D eigenvalue weighted by Crippen LogP contribution is 2.15. The minimum Gasteiger partial charge on any atom is -0.345 e. The first-order valence-corrected chi connectivity index (χ1v) is 12.6. The number of hydrogen-bond donors (Lipinski definition) is 0. The van der Waals surface area contributed by atoms with Crippen molar-refractivity contribution in [3.05, 3.63) is 59.4 Å². The Hall–Kier alpha value is -1.98. The molecular formula is C26H37Cl2N3O2. The topological polar surface area (TPSA) is 45.6 Å². The van der Waals surface area contributed by atoms with Gasteiger partial charge in [0.15, 0.2) is 4.84 Å². The van der Waals surface area contributed by atoms with Crippen LogP contribution in [0.25, 0.3) is 0 Å². The van der Waals surface area contributed by atoms with Gasteiger partial charge in [0, 0.05) is 31.5 Å². The molecule has 1 aromatic carbocycles. The molecule has 0 aliphatic carbocycles. The number of carbonyl (C=O) groups is 2. The molecule has 1 heterocycles. The molecule has 2 rings (SSSR count). The zero-order valence-electron chi connectivity index (χ0n) is 20.3. The summed E-state index contributed by atoms with van der Waals surface area (Å²) in [4.78, 5) is 28.0. The van der Waals surface area contributed by atoms with Crippen LogP contribution in [0.15, 0.2) is 42.6 Å². The van der Waals surface area contributed by atoms with Crippen LogP contribution in [0.4, 0.5) is 0 Å². The molecule has 1 aromatic heterocycles. The highest BCUT2D eigenvalue weighted by atomic mass is 35.5. The van der Waals surface area contributed by atoms with Gasteiger partial charge in [0.1, 0.15) is 0 Å². The standard InChI is InChI=1S/C26H37Cl2N3O2/c1-5-6-13-30(24(32)19-31(15-12-20(2)3)26(33)25(27)28)18-23-11-8-14-29(23)17-22-10-7-9-21(4)16-22/h7-11,14,16,20,25H,5-6,12-13,15,17-19H2,1-4H3. The molecule has 2 aromatic rings. The van der Waals surface area contributed by atoms with Crippen LogP contribution in [-0.2, 0) is 22.7 Å². The van der Waals surface area contributed by atoms with Crippen LogP contribution in [0.5, 0.6) is 0 Å². The number of nitrogens with zero attached hydrogens (tertiary/aromatic N) is 3. The van der Waals surface area contributed by atoms with Gasteiger partial charge in [-0.3, -0.25) is 9.59 Å². The van der Waals surface area contributed by atoms with E-state index < -0.39 is 10.7 Å². The van der Waals surface area contributed by atoms with Crippen molar-refractivity contribution in [2.45, 2.75) is 64.9 Å². The number of carbonyl (C=O) groups excluding carboxylic acids is 2. The Morgan fingerprint density at radius 1 is 1.06 bits per heavy atom. The molecule has 182 valence electrons. The lowest BCUT2D eigenvalue weighted by atomic mass is 10.1. The lowest BCUT2D eigenvalue weighted by Crippen LogP contribution is -2.45. The minimum absolute atomic E-state index is 0.0101. The van der Waals surface area contributed by atoms with E-state index in [4.69, 9.17) is 23.2 Å². The van der Waals surface area contributed by atoms with Crippen molar-refractivity contribution in [2.24, 2.45) is 5.92 Å². The average Bonchev–Trinajstić information content (AvgIpc) is 3.19. The summed E-state index contributed by atoms with van der Waals surface area (Å²) in [6.07, 6.45) is 4.71. The molecule has 0 saturated heterocycles. The van der Waals surface area contributed by atoms with Crippen LogP contribution in [0, 0.1) is 12.8 Å². The smallest absolute Gasteiger partial charge is 0.256 e. The third-order valence-electron chi connectivity index (χ3n) is 5.65. The Kier molecular flexibility index (Phi) is 11.3. The van der Waals surface area contributed by atoms with E-state index in [0.29, 0.717) is 25.6 Å². The van der Waals surface area contributed by atoms with Gasteiger partial charge in [-0.15, -0.1) is 0 Å². The summed E-state index contributed by atoms with van der Waals surface area (Å²) >= 11 is 11.7. The zero-order chi connectivity index (χ0) is 24.4. The molecule has 0 saturated carbocycles. The quantitative estimate of drug-likeness (QED) is 0.338. The normalized spacial score (nSPS) is 11.3. The van der Waals surface area contributed by atoms with Gasteiger partial charge in [0.25, 0.3) is 5.91 Å². The Morgan fingerprint density at radius 3 is 2.45 bits per heavy atom. The highest BCUT2D eigenvalue weighted by Gasteiger charge is 2.25. The first-order valence-electron chi connectivity index (χ1n) is 11.8. The number of aryl methyl sites for hydroxylation is 1. The maximum atomic E-state index is 13.3. The van der Waals surface area contributed by atoms with Gasteiger partial charge >= 0.3 is 0 Å². The third-order valence-corrected chi connectivity index (χ3v) is 6.02. The van der Waals surface area contributed by atoms with Crippen molar-refractivity contribution in [3.8, 4) is 0 Å². The summed E-state index contributed by atoms with van der Waals surface area (Å²) in [6.45, 7) is 10.7. The van der Waals surface area contributed by atoms with E-state index in [0.717, 1.165) is 31.5 Å². The maximum absolute atomic E-state index is 13.3. The number of amides is 2. The fraction of sp³-hybridized carbons (Fsp3) is 0.538. The van der Waals surface area contributed by atoms with Gasteiger partial charge < -0.3 is 14.4 Å². The van der Waals surface area contributed by atoms with Crippen molar-refractivity contribution >= 4 is 35.0 Å². The SMILES string of the molecule is CCCCN(Cc1cccn1Cc1cccc(C)c1)C(=O)CN(CCC(C)C)C(=O)C(Cl)Cl. The Bertz CT molecular complexity index is 895. The Morgan fingerprint density at radius 2 is 1.82 bits per heavy atom. The summed E-state index contributed by atoms with van der Waals surface area (Å²) in [5.74, 6) is -0.0935. The molecule has 0 aliphatic rings. The van der Waals surface area contributed by atoms with Crippen molar-refractivity contribution in [1.29, 1.82) is 0 Å². The molecule has 5 nitrogen and oxygen atoms in total. The third kappa shape index (κ3) is 9.05. The number of unbranched alkanes of at least 4 members (excludes halogenated alkanes) is 1. The van der Waals surface area contributed by atoms with E-state index in [1.807, 2.05) is 17.2 Å². The van der Waals surface area contributed by atoms with Crippen molar-refractivity contribution in [2.75, 3.05) is 19.6 Å². The predicted octanol–water partition coefficient (Wildman–Crippen LogP) is 5.65. The number of rotatable bonds is 13. The monoisotopic (exact) mass is 493 g/mol. The van der Waals surface area contributed by atoms with Gasteiger partial charge in [-0.2, -0.15) is 0 Å². The molecule has 7 heteroatoms. The van der Waals surface area contributed by atoms with Crippen LogP contribution in [0.3, 0.4) is 0 Å². The van der Waals surface area contributed by atoms with Gasteiger partial charge in [0.05, 0.1) is 13.1 Å². The zero-order valence-corrected chi connectivity index (χ0v) is 21.8. The molecule has 0 bridgehead atoms. The Labute approximate surface area is 208 Å². The van der Waals surface area contributed by atoms with Gasteiger partial charge in [-0.05, 0) is 43.4 Å². The minimum atomic E-state index is -1.17. The molecule has 0 radical (unpaired) electrons. The summed E-state index contributed by atoms with van der Waals surface area (Å²) in [5, 5.41) is 0. The van der Waals surface area contributed by atoms with Gasteiger partial charge in [-0.25, -0.2) is 0 Å². The number of aromatic nitrogens is 1. The molecule has 33 heavy (non-hydrogen) atoms. The first-order chi connectivity index (χ1) is 15.7. The largest absolute Gasteiger partial charge is 0.345 e. The number of halogens is 2. The summed E-state index contributed by atoms with van der Waals surface area (Å²) < 4.78 is 2.18. The number of benzene rings is 1. The van der Waals surface area contributed by atoms with Gasteiger partial charge in [0.2, 0.25) is 5.91 Å². The summed E-state index contributed by atoms with van der Waals surface area (Å²) in [5.41, 5.74) is 3.51. The molecule has 0 aliphatic heterocycles. The molecule has 0 unspecified atom stereocenters. The van der Waals surface area contributed by atoms with E-state index in [9.17, 15) is 9.59 Å². The lowest BCUT2D eigenvalue weighted by Gasteiger charge is -2.29. The Balaban J connectivity index is 2.15. The molecular weight excluding hydrogens is 457 g/mol. The van der Waals surface area contributed by atoms with E-state index in [1.54, 1.807) is 0 Å². The van der Waals surface area contributed by atoms with E-state index in [-0.39, 0.29) is 12.5 Å². The molecule has 0 N–H and O–H groups in total. The second-order valence-electron chi connectivity index (χ2n) is 9.03.